The molecular weight excluding hydrogens is 456 g/mol. The number of nitrogens with one attached hydrogen (secondary N) is 2. The number of aliphatic hydroxyl groups is 3. The number of amides is 1. The van der Waals surface area contributed by atoms with Crippen molar-refractivity contribution in [1.82, 2.24) is 10.6 Å². The van der Waals surface area contributed by atoms with Gasteiger partial charge in [0.25, 0.3) is 0 Å². The minimum absolute atomic E-state index is 0.186. The van der Waals surface area contributed by atoms with Crippen LogP contribution in [0.5, 0.6) is 0 Å². The molecule has 4 rings (SSSR count). The zero-order valence-electron chi connectivity index (χ0n) is 18.7. The van der Waals surface area contributed by atoms with Crippen molar-refractivity contribution < 1.29 is 29.6 Å². The summed E-state index contributed by atoms with van der Waals surface area (Å²) in [5, 5.41) is 36.7. The van der Waals surface area contributed by atoms with Crippen LogP contribution in [0.1, 0.15) is 39.0 Å². The molecule has 0 spiro atoms. The lowest BCUT2D eigenvalue weighted by atomic mass is 9.86. The average Bonchev–Trinajstić information content (AvgIpc) is 3.53. The Kier molecular flexibility index (Phi) is 8.31. The number of halogens is 1. The van der Waals surface area contributed by atoms with Crippen LogP contribution in [0.4, 0.5) is 0 Å². The molecule has 0 radical (unpaired) electrons. The minimum Gasteiger partial charge on any atom is -0.388 e. The smallest absolute Gasteiger partial charge is 0.240 e. The summed E-state index contributed by atoms with van der Waals surface area (Å²) in [5.74, 6) is 1.61. The van der Waals surface area contributed by atoms with Crippen LogP contribution in [0, 0.1) is 17.8 Å². The monoisotopic (exact) mass is 492 g/mol. The van der Waals surface area contributed by atoms with Gasteiger partial charge in [0.1, 0.15) is 35.9 Å². The molecule has 3 aliphatic heterocycles. The molecule has 3 saturated heterocycles. The molecule has 0 bridgehead atoms. The second-order valence-corrected chi connectivity index (χ2v) is 11.6. The van der Waals surface area contributed by atoms with Crippen molar-refractivity contribution in [2.75, 3.05) is 19.4 Å². The molecule has 5 unspecified atom stereocenters. The van der Waals surface area contributed by atoms with Gasteiger partial charge in [-0.25, -0.2) is 0 Å². The number of alkyl halides is 1. The number of fused-ring (bicyclic) bond motifs is 1. The Morgan fingerprint density at radius 3 is 2.59 bits per heavy atom. The Balaban J connectivity index is 1.41. The van der Waals surface area contributed by atoms with Gasteiger partial charge in [-0.05, 0) is 50.2 Å². The topological polar surface area (TPSA) is 120 Å². The van der Waals surface area contributed by atoms with Crippen molar-refractivity contribution in [3.05, 3.63) is 0 Å². The quantitative estimate of drug-likeness (QED) is 0.325. The van der Waals surface area contributed by atoms with Gasteiger partial charge >= 0.3 is 0 Å². The van der Waals surface area contributed by atoms with Crippen LogP contribution in [0.15, 0.2) is 0 Å². The van der Waals surface area contributed by atoms with E-state index >= 15 is 0 Å². The Morgan fingerprint density at radius 1 is 1.19 bits per heavy atom. The largest absolute Gasteiger partial charge is 0.388 e. The highest BCUT2D eigenvalue weighted by Crippen LogP contribution is 2.41. The molecular formula is C22H37ClN2O6S. The van der Waals surface area contributed by atoms with Gasteiger partial charge in [0.2, 0.25) is 5.91 Å². The van der Waals surface area contributed by atoms with Crippen LogP contribution >= 0.6 is 23.4 Å². The standard InChI is InChI=1S/C22H37ClN2O6S/c1-10(23)14(20-17(27)16(26)18(28)22(31-20)32-2)25-21(29)15-19-13(9-24-15)8-12(5-6-30-19)7-11-3-4-11/h10-20,22,24,26-28H,3-9H2,1-2H3,(H,25,29)/t10-,12-,13-,14+,15-,16?,17?,18?,19+,20?,22?/m0/s1. The van der Waals surface area contributed by atoms with Crippen LogP contribution in [0.25, 0.3) is 0 Å². The number of hydrogen-bond donors (Lipinski definition) is 5. The first-order chi connectivity index (χ1) is 15.3. The second kappa shape index (κ2) is 10.6. The van der Waals surface area contributed by atoms with Crippen molar-refractivity contribution in [3.8, 4) is 0 Å². The molecule has 0 aromatic rings. The van der Waals surface area contributed by atoms with Crippen LogP contribution in [-0.2, 0) is 14.3 Å². The van der Waals surface area contributed by atoms with Gasteiger partial charge in [0.05, 0.1) is 17.5 Å². The fraction of sp³-hybridized carbons (Fsp3) is 0.955. The van der Waals surface area contributed by atoms with Crippen molar-refractivity contribution in [1.29, 1.82) is 0 Å². The van der Waals surface area contributed by atoms with E-state index in [0.29, 0.717) is 18.4 Å². The van der Waals surface area contributed by atoms with E-state index in [4.69, 9.17) is 21.1 Å². The van der Waals surface area contributed by atoms with Crippen LogP contribution in [0.3, 0.4) is 0 Å². The Morgan fingerprint density at radius 2 is 1.94 bits per heavy atom. The molecule has 184 valence electrons. The van der Waals surface area contributed by atoms with Crippen molar-refractivity contribution in [3.63, 3.8) is 0 Å². The van der Waals surface area contributed by atoms with Gasteiger partial charge in [0, 0.05) is 13.2 Å². The summed E-state index contributed by atoms with van der Waals surface area (Å²) in [7, 11) is 0. The maximum absolute atomic E-state index is 13.3. The zero-order chi connectivity index (χ0) is 23.0. The van der Waals surface area contributed by atoms with Crippen LogP contribution in [0.2, 0.25) is 0 Å². The molecule has 11 atom stereocenters. The summed E-state index contributed by atoms with van der Waals surface area (Å²) in [6.07, 6.45) is 2.74. The molecule has 0 aromatic heterocycles. The number of hydrogen-bond acceptors (Lipinski definition) is 8. The molecule has 1 aliphatic carbocycles. The number of rotatable bonds is 7. The zero-order valence-corrected chi connectivity index (χ0v) is 20.3. The molecule has 0 aromatic carbocycles. The molecule has 8 nitrogen and oxygen atoms in total. The van der Waals surface area contributed by atoms with E-state index in [0.717, 1.165) is 25.3 Å². The van der Waals surface area contributed by atoms with Crippen molar-refractivity contribution in [2.24, 2.45) is 17.8 Å². The van der Waals surface area contributed by atoms with E-state index in [9.17, 15) is 20.1 Å². The number of carbonyl (C=O) groups is 1. The number of ether oxygens (including phenoxy) is 2. The fourth-order valence-corrected chi connectivity index (χ4v) is 6.39. The molecule has 10 heteroatoms. The van der Waals surface area contributed by atoms with E-state index in [1.165, 1.54) is 31.0 Å². The summed E-state index contributed by atoms with van der Waals surface area (Å²) in [4.78, 5) is 13.3. The normalized spacial score (nSPS) is 44.4. The Hall–Kier alpha value is -0.130. The second-order valence-electron chi connectivity index (χ2n) is 9.94. The summed E-state index contributed by atoms with van der Waals surface area (Å²) in [6, 6.07) is -1.24. The summed E-state index contributed by atoms with van der Waals surface area (Å²) >= 11 is 7.63. The number of aliphatic hydroxyl groups excluding tert-OH is 3. The number of thioether (sulfide) groups is 1. The van der Waals surface area contributed by atoms with Gasteiger partial charge in [0.15, 0.2) is 0 Å². The van der Waals surface area contributed by atoms with Gasteiger partial charge in [-0.15, -0.1) is 23.4 Å². The number of carbonyl (C=O) groups excluding carboxylic acids is 1. The van der Waals surface area contributed by atoms with E-state index in [1.54, 1.807) is 13.2 Å². The predicted molar refractivity (Wildman–Crippen MR) is 123 cm³/mol. The molecule has 1 amide bonds. The molecule has 5 N–H and O–H groups in total. The highest BCUT2D eigenvalue weighted by atomic mass is 35.5. The maximum Gasteiger partial charge on any atom is 0.240 e. The highest BCUT2D eigenvalue weighted by molar-refractivity contribution is 7.99. The van der Waals surface area contributed by atoms with Crippen molar-refractivity contribution >= 4 is 29.3 Å². The first-order valence-corrected chi connectivity index (χ1v) is 13.5. The summed E-state index contributed by atoms with van der Waals surface area (Å²) in [5.41, 5.74) is -0.726. The molecule has 4 aliphatic rings. The first-order valence-electron chi connectivity index (χ1n) is 11.8. The lowest BCUT2D eigenvalue weighted by Crippen LogP contribution is -2.65. The minimum atomic E-state index is -1.39. The highest BCUT2D eigenvalue weighted by Gasteiger charge is 2.49. The van der Waals surface area contributed by atoms with Gasteiger partial charge in [-0.1, -0.05) is 12.8 Å². The van der Waals surface area contributed by atoms with E-state index < -0.39 is 47.3 Å². The Bertz CT molecular complexity index is 654. The average molecular weight is 493 g/mol. The fourth-order valence-electron chi connectivity index (χ4n) is 5.51. The van der Waals surface area contributed by atoms with Crippen LogP contribution < -0.4 is 10.6 Å². The lowest BCUT2D eigenvalue weighted by molar-refractivity contribution is -0.205. The lowest BCUT2D eigenvalue weighted by Gasteiger charge is -2.44. The van der Waals surface area contributed by atoms with Gasteiger partial charge in [-0.3, -0.25) is 4.79 Å². The Labute approximate surface area is 199 Å². The third-order valence-corrected chi connectivity index (χ3v) is 8.63. The van der Waals surface area contributed by atoms with Crippen LogP contribution in [-0.4, -0.2) is 94.1 Å². The first kappa shape index (κ1) is 25.0. The summed E-state index contributed by atoms with van der Waals surface area (Å²) < 4.78 is 12.0. The third kappa shape index (κ3) is 5.40. The van der Waals surface area contributed by atoms with E-state index in [2.05, 4.69) is 10.6 Å². The summed E-state index contributed by atoms with van der Waals surface area (Å²) in [6.45, 7) is 3.12. The molecule has 1 saturated carbocycles. The molecule has 32 heavy (non-hydrogen) atoms. The van der Waals surface area contributed by atoms with Gasteiger partial charge < -0.3 is 35.4 Å². The molecule has 4 fully saturated rings. The van der Waals surface area contributed by atoms with E-state index in [1.807, 2.05) is 0 Å². The molecule has 3 heterocycles. The predicted octanol–water partition coefficient (Wildman–Crippen LogP) is 0.452. The van der Waals surface area contributed by atoms with E-state index in [-0.39, 0.29) is 12.0 Å². The third-order valence-electron chi connectivity index (χ3n) is 7.51. The van der Waals surface area contributed by atoms with Crippen molar-refractivity contribution in [2.45, 2.75) is 92.4 Å². The van der Waals surface area contributed by atoms with Gasteiger partial charge in [-0.2, -0.15) is 0 Å². The SMILES string of the molecule is CSC1OC([C@H](NC(=O)[C@H]2NC[C@@H]3C[C@H](CC4CC4)CCO[C@H]32)[C@H](C)Cl)C(O)C(O)C1O. The maximum atomic E-state index is 13.3.